The molecule has 0 aliphatic heterocycles. The number of aryl methyl sites for hydroxylation is 2. The Bertz CT molecular complexity index is 2050. The summed E-state index contributed by atoms with van der Waals surface area (Å²) in [4.78, 5) is 10.3. The SMILES string of the molecule is Cc1ccc(-c2sc(-c3ccc(-c4cc(-c5ccccc5)c(-c5ccc(C)s5)s4)c4nsnc34)cc2-c2ccccc2)s1. The number of nitrogens with zero attached hydrogens (tertiary/aromatic N) is 2. The average molecular weight is 645 g/mol. The fourth-order valence-electron chi connectivity index (χ4n) is 5.46. The van der Waals surface area contributed by atoms with E-state index in [1.807, 2.05) is 45.3 Å². The van der Waals surface area contributed by atoms with Gasteiger partial charge in [-0.3, -0.25) is 0 Å². The number of benzene rings is 3. The van der Waals surface area contributed by atoms with E-state index < -0.39 is 0 Å². The molecule has 5 heterocycles. The van der Waals surface area contributed by atoms with Crippen LogP contribution in [0, 0.1) is 13.8 Å². The van der Waals surface area contributed by atoms with Crippen LogP contribution in [-0.2, 0) is 0 Å². The van der Waals surface area contributed by atoms with Gasteiger partial charge in [-0.2, -0.15) is 8.75 Å². The van der Waals surface area contributed by atoms with Gasteiger partial charge in [-0.25, -0.2) is 0 Å². The summed E-state index contributed by atoms with van der Waals surface area (Å²) in [5.74, 6) is 0. The lowest BCUT2D eigenvalue weighted by Gasteiger charge is -2.03. The number of hydrogen-bond acceptors (Lipinski definition) is 7. The number of aromatic nitrogens is 2. The van der Waals surface area contributed by atoms with Gasteiger partial charge in [0, 0.05) is 51.5 Å². The average Bonchev–Trinajstić information content (AvgIpc) is 3.87. The largest absolute Gasteiger partial charge is 0.172 e. The molecule has 0 aliphatic rings. The van der Waals surface area contributed by atoms with Crippen LogP contribution < -0.4 is 0 Å². The van der Waals surface area contributed by atoms with Crippen LogP contribution in [0.1, 0.15) is 9.75 Å². The standard InChI is InChI=1S/C36H24N2S5/c1-21-13-17-29(39-21)35-27(23-9-5-3-6-10-23)19-31(41-35)25-15-16-26(34-33(25)37-43-38-34)32-20-28(24-11-7-4-8-12-24)36(42-32)30-18-14-22(2)40-30/h3-20H,1-2H3. The van der Waals surface area contributed by atoms with Crippen LogP contribution in [0.5, 0.6) is 0 Å². The third-order valence-electron chi connectivity index (χ3n) is 7.51. The van der Waals surface area contributed by atoms with E-state index in [2.05, 4.69) is 123 Å². The van der Waals surface area contributed by atoms with Crippen molar-refractivity contribution in [1.82, 2.24) is 8.75 Å². The van der Waals surface area contributed by atoms with Gasteiger partial charge in [0.25, 0.3) is 0 Å². The van der Waals surface area contributed by atoms with E-state index in [9.17, 15) is 0 Å². The normalized spacial score (nSPS) is 11.5. The summed E-state index contributed by atoms with van der Waals surface area (Å²) in [7, 11) is 0. The van der Waals surface area contributed by atoms with E-state index in [4.69, 9.17) is 8.75 Å². The van der Waals surface area contributed by atoms with Crippen LogP contribution in [0.4, 0.5) is 0 Å². The Balaban J connectivity index is 1.28. The molecule has 0 fully saturated rings. The lowest BCUT2D eigenvalue weighted by atomic mass is 10.0. The van der Waals surface area contributed by atoms with Crippen molar-refractivity contribution >= 4 is 68.1 Å². The van der Waals surface area contributed by atoms with Gasteiger partial charge in [0.15, 0.2) is 0 Å². The molecule has 0 unspecified atom stereocenters. The summed E-state index contributed by atoms with van der Waals surface area (Å²) in [6.45, 7) is 4.35. The molecule has 8 aromatic rings. The topological polar surface area (TPSA) is 25.8 Å². The highest BCUT2D eigenvalue weighted by atomic mass is 32.1. The van der Waals surface area contributed by atoms with E-state index in [0.29, 0.717) is 0 Å². The van der Waals surface area contributed by atoms with Gasteiger partial charge >= 0.3 is 0 Å². The summed E-state index contributed by atoms with van der Waals surface area (Å²) in [6, 6.07) is 39.5. The summed E-state index contributed by atoms with van der Waals surface area (Å²) >= 11 is 8.70. The zero-order valence-electron chi connectivity index (χ0n) is 23.3. The second-order valence-electron chi connectivity index (χ2n) is 10.4. The van der Waals surface area contributed by atoms with Gasteiger partial charge in [-0.1, -0.05) is 72.8 Å². The molecule has 0 atom stereocenters. The Morgan fingerprint density at radius 3 is 1.26 bits per heavy atom. The maximum Gasteiger partial charge on any atom is 0.114 e. The maximum atomic E-state index is 4.87. The Morgan fingerprint density at radius 1 is 0.419 bits per heavy atom. The van der Waals surface area contributed by atoms with Crippen LogP contribution >= 0.6 is 57.1 Å². The maximum absolute atomic E-state index is 4.87. The highest BCUT2D eigenvalue weighted by Gasteiger charge is 2.22. The van der Waals surface area contributed by atoms with Crippen LogP contribution in [0.25, 0.3) is 73.7 Å². The molecular formula is C36H24N2S5. The number of thiophene rings is 4. The van der Waals surface area contributed by atoms with Crippen molar-refractivity contribution in [2.24, 2.45) is 0 Å². The molecule has 0 bridgehead atoms. The molecule has 0 aliphatic carbocycles. The second kappa shape index (κ2) is 11.1. The molecule has 0 saturated carbocycles. The van der Waals surface area contributed by atoms with Crippen molar-refractivity contribution in [3.8, 4) is 62.6 Å². The second-order valence-corrected chi connectivity index (χ2v) is 15.6. The van der Waals surface area contributed by atoms with Crippen molar-refractivity contribution < 1.29 is 0 Å². The van der Waals surface area contributed by atoms with Gasteiger partial charge in [0.1, 0.15) is 11.0 Å². The minimum Gasteiger partial charge on any atom is -0.172 e. The van der Waals surface area contributed by atoms with E-state index >= 15 is 0 Å². The zero-order valence-corrected chi connectivity index (χ0v) is 27.4. The van der Waals surface area contributed by atoms with E-state index in [-0.39, 0.29) is 0 Å². The molecule has 0 spiro atoms. The summed E-state index contributed by atoms with van der Waals surface area (Å²) in [5.41, 5.74) is 9.23. The lowest BCUT2D eigenvalue weighted by Crippen LogP contribution is -1.82. The van der Waals surface area contributed by atoms with Crippen LogP contribution in [0.15, 0.2) is 109 Å². The highest BCUT2D eigenvalue weighted by Crippen LogP contribution is 2.49. The minimum absolute atomic E-state index is 0.973. The van der Waals surface area contributed by atoms with Gasteiger partial charge in [-0.15, -0.1) is 45.3 Å². The number of rotatable bonds is 6. The Labute approximate surface area is 270 Å². The fourth-order valence-corrected chi connectivity index (χ4v) is 10.4. The Kier molecular flexibility index (Phi) is 6.93. The van der Waals surface area contributed by atoms with Crippen molar-refractivity contribution in [1.29, 1.82) is 0 Å². The molecule has 0 saturated heterocycles. The minimum atomic E-state index is 0.973. The first-order valence-electron chi connectivity index (χ1n) is 13.9. The van der Waals surface area contributed by atoms with Crippen LogP contribution in [-0.4, -0.2) is 8.75 Å². The monoisotopic (exact) mass is 644 g/mol. The molecule has 7 heteroatoms. The van der Waals surface area contributed by atoms with Gasteiger partial charge < -0.3 is 0 Å². The van der Waals surface area contributed by atoms with Crippen molar-refractivity contribution in [2.45, 2.75) is 13.8 Å². The van der Waals surface area contributed by atoms with Gasteiger partial charge in [0.2, 0.25) is 0 Å². The van der Waals surface area contributed by atoms with Crippen LogP contribution in [0.3, 0.4) is 0 Å². The molecule has 43 heavy (non-hydrogen) atoms. The first-order chi connectivity index (χ1) is 21.1. The highest BCUT2D eigenvalue weighted by molar-refractivity contribution is 7.25. The fraction of sp³-hybridized carbons (Fsp3) is 0.0556. The molecule has 208 valence electrons. The molecule has 3 aromatic carbocycles. The van der Waals surface area contributed by atoms with Crippen molar-refractivity contribution in [3.05, 3.63) is 119 Å². The smallest absolute Gasteiger partial charge is 0.114 e. The summed E-state index contributed by atoms with van der Waals surface area (Å²) < 4.78 is 9.73. The number of fused-ring (bicyclic) bond motifs is 1. The Hall–Kier alpha value is -3.72. The first-order valence-corrected chi connectivity index (χ1v) is 17.9. The third-order valence-corrected chi connectivity index (χ3v) is 12.7. The van der Waals surface area contributed by atoms with E-state index in [0.717, 1.165) is 22.2 Å². The number of hydrogen-bond donors (Lipinski definition) is 0. The molecule has 0 amide bonds. The van der Waals surface area contributed by atoms with Gasteiger partial charge in [-0.05, 0) is 61.4 Å². The molecule has 5 aromatic heterocycles. The third kappa shape index (κ3) is 4.91. The first kappa shape index (κ1) is 26.9. The summed E-state index contributed by atoms with van der Waals surface area (Å²) in [6.07, 6.45) is 0. The van der Waals surface area contributed by atoms with E-state index in [1.165, 1.54) is 73.0 Å². The van der Waals surface area contributed by atoms with E-state index in [1.54, 1.807) is 0 Å². The van der Waals surface area contributed by atoms with Crippen molar-refractivity contribution in [2.75, 3.05) is 0 Å². The predicted molar refractivity (Wildman–Crippen MR) is 191 cm³/mol. The molecule has 0 N–H and O–H groups in total. The zero-order chi connectivity index (χ0) is 28.9. The quantitative estimate of drug-likeness (QED) is 0.180. The molecule has 2 nitrogen and oxygen atoms in total. The Morgan fingerprint density at radius 2 is 0.860 bits per heavy atom. The lowest BCUT2D eigenvalue weighted by molar-refractivity contribution is 1.63. The van der Waals surface area contributed by atoms with Crippen molar-refractivity contribution in [3.63, 3.8) is 0 Å². The predicted octanol–water partition coefficient (Wildman–Crippen LogP) is 12.6. The molecular weight excluding hydrogens is 621 g/mol. The van der Waals surface area contributed by atoms with Gasteiger partial charge in [0.05, 0.1) is 21.5 Å². The molecule has 8 rings (SSSR count). The van der Waals surface area contributed by atoms with Crippen LogP contribution in [0.2, 0.25) is 0 Å². The summed E-state index contributed by atoms with van der Waals surface area (Å²) in [5, 5.41) is 0. The molecule has 0 radical (unpaired) electrons.